The smallest absolute Gasteiger partial charge is 0.231 e. The average molecular weight is 263 g/mol. The maximum Gasteiger partial charge on any atom is 0.231 e. The van der Waals surface area contributed by atoms with Crippen LogP contribution in [0.15, 0.2) is 12.2 Å². The monoisotopic (exact) mass is 263 g/mol. The highest BCUT2D eigenvalue weighted by atomic mass is 16.5. The summed E-state index contributed by atoms with van der Waals surface area (Å²) < 4.78 is 6.08. The van der Waals surface area contributed by atoms with Crippen molar-refractivity contribution >= 4 is 5.91 Å². The molecule has 0 saturated carbocycles. The lowest BCUT2D eigenvalue weighted by Crippen LogP contribution is -2.49. The van der Waals surface area contributed by atoms with Gasteiger partial charge in [0, 0.05) is 6.42 Å². The van der Waals surface area contributed by atoms with Gasteiger partial charge in [0.25, 0.3) is 0 Å². The Morgan fingerprint density at radius 2 is 2.11 bits per heavy atom. The number of hydrogen-bond donors (Lipinski definition) is 0. The number of rotatable bonds is 0. The summed E-state index contributed by atoms with van der Waals surface area (Å²) in [5, 5.41) is 0. The second-order valence-electron chi connectivity index (χ2n) is 7.71. The number of nitrogens with zero attached hydrogens (tertiary/aromatic N) is 1. The number of amides is 1. The molecule has 3 atom stereocenters. The third-order valence-corrected chi connectivity index (χ3v) is 5.18. The van der Waals surface area contributed by atoms with Crippen LogP contribution < -0.4 is 0 Å². The van der Waals surface area contributed by atoms with E-state index in [0.29, 0.717) is 12.5 Å². The Kier molecular flexibility index (Phi) is 2.66. The second kappa shape index (κ2) is 3.85. The molecule has 0 aromatic heterocycles. The van der Waals surface area contributed by atoms with Gasteiger partial charge in [0.1, 0.15) is 5.72 Å². The molecular weight excluding hydrogens is 238 g/mol. The minimum absolute atomic E-state index is 0.0729. The largest absolute Gasteiger partial charge is 0.354 e. The first-order valence-corrected chi connectivity index (χ1v) is 7.41. The Hall–Kier alpha value is -0.830. The molecule has 3 heteroatoms. The first-order valence-electron chi connectivity index (χ1n) is 7.41. The number of carbonyl (C=O) groups is 1. The zero-order valence-corrected chi connectivity index (χ0v) is 12.5. The SMILES string of the molecule is CC(C)(C)[C@H]1CO[C@]2(C)C[C@]3(CC=CCC3)C(=O)N12. The van der Waals surface area contributed by atoms with Crippen LogP contribution in [0.2, 0.25) is 0 Å². The predicted molar refractivity (Wildman–Crippen MR) is 74.5 cm³/mol. The van der Waals surface area contributed by atoms with E-state index in [0.717, 1.165) is 25.7 Å². The van der Waals surface area contributed by atoms with Gasteiger partial charge in [-0.05, 0) is 31.6 Å². The molecule has 2 aliphatic heterocycles. The molecule has 0 N–H and O–H groups in total. The first kappa shape index (κ1) is 13.2. The lowest BCUT2D eigenvalue weighted by atomic mass is 9.74. The van der Waals surface area contributed by atoms with Crippen LogP contribution in [-0.4, -0.2) is 29.2 Å². The zero-order chi connectivity index (χ0) is 13.9. The maximum absolute atomic E-state index is 13.0. The number of ether oxygens (including phenoxy) is 1. The van der Waals surface area contributed by atoms with Crippen LogP contribution in [0.25, 0.3) is 0 Å². The van der Waals surface area contributed by atoms with E-state index in [1.807, 2.05) is 0 Å². The number of fused-ring (bicyclic) bond motifs is 1. The van der Waals surface area contributed by atoms with Crippen molar-refractivity contribution in [2.24, 2.45) is 10.8 Å². The summed E-state index contributed by atoms with van der Waals surface area (Å²) in [6, 6.07) is 0.204. The Morgan fingerprint density at radius 3 is 2.68 bits per heavy atom. The van der Waals surface area contributed by atoms with Gasteiger partial charge in [-0.25, -0.2) is 0 Å². The van der Waals surface area contributed by atoms with E-state index in [-0.39, 0.29) is 22.6 Å². The number of carbonyl (C=O) groups excluding carboxylic acids is 1. The van der Waals surface area contributed by atoms with Crippen LogP contribution in [0.3, 0.4) is 0 Å². The summed E-state index contributed by atoms with van der Waals surface area (Å²) in [6.07, 6.45) is 8.13. The quantitative estimate of drug-likeness (QED) is 0.628. The lowest BCUT2D eigenvalue weighted by molar-refractivity contribution is -0.143. The van der Waals surface area contributed by atoms with Gasteiger partial charge in [0.05, 0.1) is 18.1 Å². The van der Waals surface area contributed by atoms with Crippen molar-refractivity contribution in [3.8, 4) is 0 Å². The minimum atomic E-state index is -0.375. The molecule has 1 spiro atoms. The number of hydrogen-bond acceptors (Lipinski definition) is 2. The standard InChI is InChI=1S/C16H25NO2/c1-14(2,3)12-10-19-15(4)11-16(13(18)17(12)15)8-6-5-7-9-16/h5-6,12H,7-11H2,1-4H3/t12-,15-,16-/m1/s1. The van der Waals surface area contributed by atoms with Crippen LogP contribution in [0.1, 0.15) is 53.4 Å². The van der Waals surface area contributed by atoms with Gasteiger partial charge in [-0.3, -0.25) is 4.79 Å². The van der Waals surface area contributed by atoms with E-state index in [2.05, 4.69) is 44.7 Å². The normalized spacial score (nSPS) is 42.2. The topological polar surface area (TPSA) is 29.5 Å². The third-order valence-electron chi connectivity index (χ3n) is 5.18. The average Bonchev–Trinajstić information content (AvgIpc) is 2.74. The molecule has 0 unspecified atom stereocenters. The van der Waals surface area contributed by atoms with E-state index in [9.17, 15) is 4.79 Å². The van der Waals surface area contributed by atoms with E-state index in [1.165, 1.54) is 0 Å². The summed E-state index contributed by atoms with van der Waals surface area (Å²) in [7, 11) is 0. The number of allylic oxidation sites excluding steroid dienone is 2. The lowest BCUT2D eigenvalue weighted by Gasteiger charge is -2.37. The van der Waals surface area contributed by atoms with Crippen molar-refractivity contribution < 1.29 is 9.53 Å². The fourth-order valence-electron chi connectivity index (χ4n) is 4.06. The molecule has 2 fully saturated rings. The van der Waals surface area contributed by atoms with E-state index in [1.54, 1.807) is 0 Å². The summed E-state index contributed by atoms with van der Waals surface area (Å²) in [5.41, 5.74) is -0.489. The predicted octanol–water partition coefficient (Wildman–Crippen LogP) is 3.11. The summed E-state index contributed by atoms with van der Waals surface area (Å²) >= 11 is 0. The molecule has 2 saturated heterocycles. The van der Waals surface area contributed by atoms with Crippen LogP contribution in [-0.2, 0) is 9.53 Å². The Bertz CT molecular complexity index is 437. The molecule has 19 heavy (non-hydrogen) atoms. The van der Waals surface area contributed by atoms with Crippen LogP contribution in [0.5, 0.6) is 0 Å². The molecule has 3 aliphatic rings. The van der Waals surface area contributed by atoms with Crippen molar-refractivity contribution in [3.63, 3.8) is 0 Å². The van der Waals surface area contributed by atoms with Crippen molar-refractivity contribution in [2.75, 3.05) is 6.61 Å². The fraction of sp³-hybridized carbons (Fsp3) is 0.812. The zero-order valence-electron chi connectivity index (χ0n) is 12.5. The van der Waals surface area contributed by atoms with Gasteiger partial charge in [-0.1, -0.05) is 32.9 Å². The van der Waals surface area contributed by atoms with Crippen LogP contribution >= 0.6 is 0 Å². The van der Waals surface area contributed by atoms with Crippen molar-refractivity contribution in [2.45, 2.75) is 65.1 Å². The van der Waals surface area contributed by atoms with Gasteiger partial charge in [-0.15, -0.1) is 0 Å². The van der Waals surface area contributed by atoms with Gasteiger partial charge in [-0.2, -0.15) is 0 Å². The van der Waals surface area contributed by atoms with Gasteiger partial charge >= 0.3 is 0 Å². The first-order chi connectivity index (χ1) is 8.79. The Labute approximate surface area is 116 Å². The van der Waals surface area contributed by atoms with Crippen LogP contribution in [0.4, 0.5) is 0 Å². The molecular formula is C16H25NO2. The molecule has 0 radical (unpaired) electrons. The van der Waals surface area contributed by atoms with Gasteiger partial charge in [0.2, 0.25) is 5.91 Å². The maximum atomic E-state index is 13.0. The highest BCUT2D eigenvalue weighted by Gasteiger charge is 2.63. The molecule has 3 nitrogen and oxygen atoms in total. The molecule has 1 amide bonds. The Balaban J connectivity index is 1.96. The molecule has 0 bridgehead atoms. The Morgan fingerprint density at radius 1 is 1.37 bits per heavy atom. The molecule has 106 valence electrons. The van der Waals surface area contributed by atoms with Crippen molar-refractivity contribution in [1.82, 2.24) is 4.90 Å². The molecule has 3 rings (SSSR count). The highest BCUT2D eigenvalue weighted by Crippen LogP contribution is 2.54. The van der Waals surface area contributed by atoms with Gasteiger partial charge in [0.15, 0.2) is 0 Å². The second-order valence-corrected chi connectivity index (χ2v) is 7.71. The molecule has 0 aromatic rings. The van der Waals surface area contributed by atoms with E-state index < -0.39 is 0 Å². The summed E-state index contributed by atoms with van der Waals surface area (Å²) in [5.74, 6) is 0.330. The van der Waals surface area contributed by atoms with Crippen LogP contribution in [0, 0.1) is 10.8 Å². The van der Waals surface area contributed by atoms with Gasteiger partial charge < -0.3 is 9.64 Å². The van der Waals surface area contributed by atoms with E-state index in [4.69, 9.17) is 4.74 Å². The van der Waals surface area contributed by atoms with Crippen molar-refractivity contribution in [3.05, 3.63) is 12.2 Å². The molecule has 2 heterocycles. The highest BCUT2D eigenvalue weighted by molar-refractivity contribution is 5.87. The fourth-order valence-corrected chi connectivity index (χ4v) is 4.06. The molecule has 1 aliphatic carbocycles. The van der Waals surface area contributed by atoms with E-state index >= 15 is 0 Å². The summed E-state index contributed by atoms with van der Waals surface area (Å²) in [4.78, 5) is 15.1. The molecule has 0 aromatic carbocycles. The minimum Gasteiger partial charge on any atom is -0.354 e. The third kappa shape index (κ3) is 1.78. The summed E-state index contributed by atoms with van der Waals surface area (Å²) in [6.45, 7) is 9.38. The van der Waals surface area contributed by atoms with Crippen molar-refractivity contribution in [1.29, 1.82) is 0 Å².